The number of ether oxygens (including phenoxy) is 2. The first kappa shape index (κ1) is 19.8. The number of carbonyl (C=O) groups excluding carboxylic acids is 1. The van der Waals surface area contributed by atoms with Gasteiger partial charge in [-0.3, -0.25) is 4.90 Å². The Bertz CT molecular complexity index is 776. The predicted octanol–water partition coefficient (Wildman–Crippen LogP) is 2.65. The van der Waals surface area contributed by atoms with Crippen molar-refractivity contribution in [2.75, 3.05) is 63.7 Å². The Kier molecular flexibility index (Phi) is 6.97. The summed E-state index contributed by atoms with van der Waals surface area (Å²) in [5, 5.41) is 5.74. The second kappa shape index (κ2) is 9.85. The summed E-state index contributed by atoms with van der Waals surface area (Å²) in [5.74, 6) is 1.62. The van der Waals surface area contributed by atoms with Crippen LogP contribution in [0.2, 0.25) is 0 Å². The van der Waals surface area contributed by atoms with Gasteiger partial charge in [0.05, 0.1) is 19.9 Å². The first-order valence-corrected chi connectivity index (χ1v) is 9.49. The zero-order valence-corrected chi connectivity index (χ0v) is 16.5. The van der Waals surface area contributed by atoms with E-state index in [1.54, 1.807) is 20.3 Å². The molecule has 0 aromatic heterocycles. The molecule has 0 radical (unpaired) electrons. The van der Waals surface area contributed by atoms with Gasteiger partial charge in [-0.2, -0.15) is 0 Å². The number of piperazine rings is 1. The van der Waals surface area contributed by atoms with Gasteiger partial charge in [0.15, 0.2) is 0 Å². The summed E-state index contributed by atoms with van der Waals surface area (Å²) in [7, 11) is 3.31. The van der Waals surface area contributed by atoms with Crippen molar-refractivity contribution >= 4 is 17.4 Å². The van der Waals surface area contributed by atoms with Crippen LogP contribution >= 0.6 is 0 Å². The average molecular weight is 384 g/mol. The normalized spacial score (nSPS) is 14.4. The van der Waals surface area contributed by atoms with E-state index in [-0.39, 0.29) is 6.03 Å². The molecule has 2 N–H and O–H groups in total. The lowest BCUT2D eigenvalue weighted by Crippen LogP contribution is -2.48. The summed E-state index contributed by atoms with van der Waals surface area (Å²) >= 11 is 0. The average Bonchev–Trinajstić information content (AvgIpc) is 2.74. The predicted molar refractivity (Wildman–Crippen MR) is 112 cm³/mol. The lowest BCUT2D eigenvalue weighted by Gasteiger charge is -2.36. The molecule has 3 rings (SSSR count). The second-order valence-corrected chi connectivity index (χ2v) is 6.61. The van der Waals surface area contributed by atoms with Crippen LogP contribution < -0.4 is 25.0 Å². The van der Waals surface area contributed by atoms with E-state index in [1.807, 2.05) is 36.4 Å². The molecule has 28 heavy (non-hydrogen) atoms. The maximum atomic E-state index is 12.1. The highest BCUT2D eigenvalue weighted by atomic mass is 16.5. The summed E-state index contributed by atoms with van der Waals surface area (Å²) in [6.45, 7) is 5.22. The quantitative estimate of drug-likeness (QED) is 0.768. The third kappa shape index (κ3) is 5.29. The summed E-state index contributed by atoms with van der Waals surface area (Å²) < 4.78 is 10.6. The van der Waals surface area contributed by atoms with Crippen molar-refractivity contribution in [3.63, 3.8) is 0 Å². The number of nitrogens with zero attached hydrogens (tertiary/aromatic N) is 2. The number of anilines is 2. The Morgan fingerprint density at radius 2 is 1.79 bits per heavy atom. The molecular formula is C21H28N4O3. The molecule has 1 aliphatic heterocycles. The zero-order chi connectivity index (χ0) is 19.8. The molecule has 1 fully saturated rings. The third-order valence-corrected chi connectivity index (χ3v) is 4.84. The molecule has 2 aromatic rings. The van der Waals surface area contributed by atoms with E-state index in [0.717, 1.165) is 44.2 Å². The Balaban J connectivity index is 1.39. The van der Waals surface area contributed by atoms with Gasteiger partial charge in [0.2, 0.25) is 0 Å². The molecule has 0 aliphatic carbocycles. The van der Waals surface area contributed by atoms with Gasteiger partial charge in [-0.15, -0.1) is 0 Å². The van der Waals surface area contributed by atoms with Crippen LogP contribution in [0.3, 0.4) is 0 Å². The van der Waals surface area contributed by atoms with Gasteiger partial charge in [0, 0.05) is 51.0 Å². The third-order valence-electron chi connectivity index (χ3n) is 4.84. The Morgan fingerprint density at radius 1 is 1.00 bits per heavy atom. The van der Waals surface area contributed by atoms with Crippen LogP contribution in [0.1, 0.15) is 0 Å². The number of para-hydroxylation sites is 2. The van der Waals surface area contributed by atoms with Crippen molar-refractivity contribution in [2.24, 2.45) is 0 Å². The van der Waals surface area contributed by atoms with E-state index >= 15 is 0 Å². The van der Waals surface area contributed by atoms with Crippen molar-refractivity contribution in [2.45, 2.75) is 0 Å². The highest BCUT2D eigenvalue weighted by Crippen LogP contribution is 2.28. The van der Waals surface area contributed by atoms with Gasteiger partial charge in [0.25, 0.3) is 0 Å². The number of urea groups is 1. The van der Waals surface area contributed by atoms with Crippen LogP contribution in [-0.4, -0.2) is 64.4 Å². The van der Waals surface area contributed by atoms with Crippen LogP contribution in [0.15, 0.2) is 48.5 Å². The van der Waals surface area contributed by atoms with Crippen molar-refractivity contribution in [3.05, 3.63) is 48.5 Å². The van der Waals surface area contributed by atoms with Gasteiger partial charge < -0.3 is 25.0 Å². The van der Waals surface area contributed by atoms with Gasteiger partial charge in [-0.05, 0) is 24.3 Å². The van der Waals surface area contributed by atoms with Crippen LogP contribution in [0.5, 0.6) is 11.5 Å². The summed E-state index contributed by atoms with van der Waals surface area (Å²) in [6.07, 6.45) is 0. The number of hydrogen-bond acceptors (Lipinski definition) is 5. The van der Waals surface area contributed by atoms with Gasteiger partial charge in [0.1, 0.15) is 11.5 Å². The van der Waals surface area contributed by atoms with Crippen LogP contribution in [0.25, 0.3) is 0 Å². The molecule has 0 bridgehead atoms. The summed E-state index contributed by atoms with van der Waals surface area (Å²) in [5.41, 5.74) is 1.85. The van der Waals surface area contributed by atoms with E-state index in [0.29, 0.717) is 18.0 Å². The summed E-state index contributed by atoms with van der Waals surface area (Å²) in [4.78, 5) is 16.8. The van der Waals surface area contributed by atoms with Crippen molar-refractivity contribution in [3.8, 4) is 11.5 Å². The molecule has 7 nitrogen and oxygen atoms in total. The highest BCUT2D eigenvalue weighted by Gasteiger charge is 2.19. The summed E-state index contributed by atoms with van der Waals surface area (Å²) in [6, 6.07) is 15.2. The fourth-order valence-electron chi connectivity index (χ4n) is 3.31. The van der Waals surface area contributed by atoms with Gasteiger partial charge in [-0.25, -0.2) is 4.79 Å². The van der Waals surface area contributed by atoms with Crippen LogP contribution in [-0.2, 0) is 0 Å². The minimum absolute atomic E-state index is 0.207. The van der Waals surface area contributed by atoms with Crippen molar-refractivity contribution in [1.82, 2.24) is 10.2 Å². The number of methoxy groups -OCH3 is 2. The maximum absolute atomic E-state index is 12.1. The molecule has 150 valence electrons. The van der Waals surface area contributed by atoms with Crippen LogP contribution in [0, 0.1) is 0 Å². The number of carbonyl (C=O) groups is 1. The molecule has 0 saturated carbocycles. The minimum atomic E-state index is -0.207. The Hall–Kier alpha value is -2.93. The maximum Gasteiger partial charge on any atom is 0.319 e. The molecule has 1 heterocycles. The topological polar surface area (TPSA) is 66.1 Å². The SMILES string of the molecule is COc1cccc(NC(=O)NCCN2CCN(c3ccccc3OC)CC2)c1. The molecular weight excluding hydrogens is 356 g/mol. The Labute approximate surface area is 166 Å². The van der Waals surface area contributed by atoms with E-state index < -0.39 is 0 Å². The molecule has 7 heteroatoms. The Morgan fingerprint density at radius 3 is 2.54 bits per heavy atom. The molecule has 2 amide bonds. The number of rotatable bonds is 7. The monoisotopic (exact) mass is 384 g/mol. The standard InChI is InChI=1S/C21H28N4O3/c1-27-18-7-5-6-17(16-18)23-21(26)22-10-11-24-12-14-25(15-13-24)19-8-3-4-9-20(19)28-2/h3-9,16H,10-15H2,1-2H3,(H2,22,23,26). The van der Waals surface area contributed by atoms with E-state index in [4.69, 9.17) is 9.47 Å². The van der Waals surface area contributed by atoms with Crippen molar-refractivity contribution in [1.29, 1.82) is 0 Å². The second-order valence-electron chi connectivity index (χ2n) is 6.61. The largest absolute Gasteiger partial charge is 0.497 e. The van der Waals surface area contributed by atoms with E-state index in [2.05, 4.69) is 26.5 Å². The van der Waals surface area contributed by atoms with Gasteiger partial charge >= 0.3 is 6.03 Å². The zero-order valence-electron chi connectivity index (χ0n) is 16.5. The number of benzene rings is 2. The smallest absolute Gasteiger partial charge is 0.319 e. The van der Waals surface area contributed by atoms with Crippen molar-refractivity contribution < 1.29 is 14.3 Å². The molecule has 2 aromatic carbocycles. The number of amides is 2. The highest BCUT2D eigenvalue weighted by molar-refractivity contribution is 5.89. The lowest BCUT2D eigenvalue weighted by molar-refractivity contribution is 0.240. The number of nitrogens with one attached hydrogen (secondary N) is 2. The molecule has 1 saturated heterocycles. The first-order valence-electron chi connectivity index (χ1n) is 9.49. The van der Waals surface area contributed by atoms with E-state index in [1.165, 1.54) is 0 Å². The molecule has 1 aliphatic rings. The molecule has 0 atom stereocenters. The molecule has 0 unspecified atom stereocenters. The van der Waals surface area contributed by atoms with E-state index in [9.17, 15) is 4.79 Å². The lowest BCUT2D eigenvalue weighted by atomic mass is 10.2. The fourth-order valence-corrected chi connectivity index (χ4v) is 3.31. The molecule has 0 spiro atoms. The number of hydrogen-bond donors (Lipinski definition) is 2. The first-order chi connectivity index (χ1) is 13.7. The fraction of sp³-hybridized carbons (Fsp3) is 0.381. The van der Waals surface area contributed by atoms with Gasteiger partial charge in [-0.1, -0.05) is 18.2 Å². The minimum Gasteiger partial charge on any atom is -0.497 e. The van der Waals surface area contributed by atoms with Crippen LogP contribution in [0.4, 0.5) is 16.2 Å².